The summed E-state index contributed by atoms with van der Waals surface area (Å²) >= 11 is 3.31. The van der Waals surface area contributed by atoms with E-state index in [-0.39, 0.29) is 5.91 Å². The first-order chi connectivity index (χ1) is 5.70. The fourth-order valence-electron chi connectivity index (χ4n) is 1.23. The molecule has 0 aromatic carbocycles. The van der Waals surface area contributed by atoms with Crippen molar-refractivity contribution in [1.29, 1.82) is 0 Å². The molecule has 3 nitrogen and oxygen atoms in total. The van der Waals surface area contributed by atoms with Gasteiger partial charge in [0, 0.05) is 29.1 Å². The van der Waals surface area contributed by atoms with Gasteiger partial charge in [-0.25, -0.2) is 9.69 Å². The predicted molar refractivity (Wildman–Crippen MR) is 47.5 cm³/mol. The van der Waals surface area contributed by atoms with Crippen molar-refractivity contribution in [2.45, 2.75) is 6.92 Å². The number of nitrogens with one attached hydrogen (secondary N) is 1. The molecule has 0 aliphatic carbocycles. The first-order valence-electron chi connectivity index (χ1n) is 3.47. The highest BCUT2D eigenvalue weighted by Crippen LogP contribution is 2.30. The highest BCUT2D eigenvalue weighted by molar-refractivity contribution is 9.11. The van der Waals surface area contributed by atoms with E-state index < -0.39 is 0 Å². The van der Waals surface area contributed by atoms with Crippen LogP contribution < -0.4 is 5.32 Å². The summed E-state index contributed by atoms with van der Waals surface area (Å²) in [7, 11) is 0. The first-order valence-corrected chi connectivity index (χ1v) is 4.26. The molecule has 4 heteroatoms. The van der Waals surface area contributed by atoms with Gasteiger partial charge in [0.2, 0.25) is 5.57 Å². The number of hydrogen-bond donors (Lipinski definition) is 1. The Morgan fingerprint density at radius 3 is 3.08 bits per heavy atom. The van der Waals surface area contributed by atoms with Crippen LogP contribution in [-0.4, -0.2) is 10.8 Å². The molecule has 0 unspecified atom stereocenters. The van der Waals surface area contributed by atoms with Crippen molar-refractivity contribution >= 4 is 21.8 Å². The third kappa shape index (κ3) is 0.891. The molecule has 0 aromatic heterocycles. The SMILES string of the molecule is CC1=C2C(=O)NC=CN2C(Br)=[C+]1. The fourth-order valence-corrected chi connectivity index (χ4v) is 1.82. The number of rotatable bonds is 0. The summed E-state index contributed by atoms with van der Waals surface area (Å²) in [5.41, 5.74) is 1.49. The van der Waals surface area contributed by atoms with Crippen LogP contribution in [0.4, 0.5) is 0 Å². The van der Waals surface area contributed by atoms with Crippen LogP contribution in [0.2, 0.25) is 0 Å². The number of fused-ring (bicyclic) bond motifs is 1. The molecule has 2 rings (SSSR count). The number of carbonyl (C=O) groups is 1. The van der Waals surface area contributed by atoms with Gasteiger partial charge in [-0.05, 0) is 0 Å². The molecule has 1 amide bonds. The number of nitrogens with zero attached hydrogens (tertiary/aromatic N) is 1. The molecule has 60 valence electrons. The van der Waals surface area contributed by atoms with E-state index in [1.807, 2.05) is 6.92 Å². The van der Waals surface area contributed by atoms with Gasteiger partial charge in [-0.3, -0.25) is 0 Å². The van der Waals surface area contributed by atoms with Gasteiger partial charge in [0.15, 0.2) is 0 Å². The van der Waals surface area contributed by atoms with E-state index in [4.69, 9.17) is 0 Å². The summed E-state index contributed by atoms with van der Waals surface area (Å²) < 4.78 is 0.779. The number of hydrogen-bond acceptors (Lipinski definition) is 2. The molecule has 0 atom stereocenters. The van der Waals surface area contributed by atoms with E-state index in [1.165, 1.54) is 0 Å². The maximum atomic E-state index is 11.3. The number of carbonyl (C=O) groups excluding carboxylic acids is 1. The summed E-state index contributed by atoms with van der Waals surface area (Å²) in [6, 6.07) is 0. The minimum absolute atomic E-state index is 0.0862. The maximum absolute atomic E-state index is 11.3. The number of halogens is 1. The molecule has 0 fully saturated rings. The average molecular weight is 226 g/mol. The Kier molecular flexibility index (Phi) is 1.53. The molecule has 0 bridgehead atoms. The second-order valence-corrected chi connectivity index (χ2v) is 3.30. The normalized spacial score (nSPS) is 20.3. The van der Waals surface area contributed by atoms with Crippen molar-refractivity contribution in [3.63, 3.8) is 0 Å². The Morgan fingerprint density at radius 2 is 2.42 bits per heavy atom. The second-order valence-electron chi connectivity index (χ2n) is 2.55. The lowest BCUT2D eigenvalue weighted by atomic mass is 10.2. The molecule has 2 heterocycles. The Bertz CT molecular complexity index is 341. The van der Waals surface area contributed by atoms with Crippen molar-refractivity contribution < 1.29 is 4.79 Å². The zero-order chi connectivity index (χ0) is 8.72. The highest BCUT2D eigenvalue weighted by Gasteiger charge is 2.38. The maximum Gasteiger partial charge on any atom is 0.357 e. The van der Waals surface area contributed by atoms with Gasteiger partial charge in [-0.2, -0.15) is 0 Å². The van der Waals surface area contributed by atoms with Crippen LogP contribution in [0, 0.1) is 6.08 Å². The van der Waals surface area contributed by atoms with Gasteiger partial charge >= 0.3 is 5.91 Å². The lowest BCUT2D eigenvalue weighted by molar-refractivity contribution is -0.118. The summed E-state index contributed by atoms with van der Waals surface area (Å²) in [6.07, 6.45) is 6.40. The molecule has 0 aromatic rings. The lowest BCUT2D eigenvalue weighted by Gasteiger charge is -2.12. The zero-order valence-corrected chi connectivity index (χ0v) is 7.97. The third-order valence-corrected chi connectivity index (χ3v) is 2.33. The molecule has 0 radical (unpaired) electrons. The van der Waals surface area contributed by atoms with Gasteiger partial charge in [0.05, 0.1) is 6.20 Å². The molecule has 0 saturated heterocycles. The van der Waals surface area contributed by atoms with E-state index in [1.54, 1.807) is 17.3 Å². The van der Waals surface area contributed by atoms with Crippen LogP contribution in [0.5, 0.6) is 0 Å². The van der Waals surface area contributed by atoms with Gasteiger partial charge < -0.3 is 5.32 Å². The fraction of sp³-hybridized carbons (Fsp3) is 0.125. The van der Waals surface area contributed by atoms with Crippen LogP contribution in [0.3, 0.4) is 0 Å². The van der Waals surface area contributed by atoms with Crippen LogP contribution >= 0.6 is 15.9 Å². The Hall–Kier alpha value is -1.12. The summed E-state index contributed by atoms with van der Waals surface area (Å²) in [5, 5.41) is 2.61. The van der Waals surface area contributed by atoms with Gasteiger partial charge in [-0.15, -0.1) is 0 Å². The topological polar surface area (TPSA) is 32.3 Å². The monoisotopic (exact) mass is 225 g/mol. The Balaban J connectivity index is 2.50. The van der Waals surface area contributed by atoms with Crippen LogP contribution in [0.25, 0.3) is 0 Å². The molecule has 0 spiro atoms. The van der Waals surface area contributed by atoms with Crippen molar-refractivity contribution in [2.75, 3.05) is 0 Å². The zero-order valence-electron chi connectivity index (χ0n) is 6.39. The predicted octanol–water partition coefficient (Wildman–Crippen LogP) is 1.22. The van der Waals surface area contributed by atoms with Crippen LogP contribution in [0.1, 0.15) is 6.92 Å². The van der Waals surface area contributed by atoms with E-state index >= 15 is 0 Å². The van der Waals surface area contributed by atoms with Crippen molar-refractivity contribution in [3.8, 4) is 0 Å². The summed E-state index contributed by atoms with van der Waals surface area (Å²) in [6.45, 7) is 1.86. The van der Waals surface area contributed by atoms with Gasteiger partial charge in [0.25, 0.3) is 10.3 Å². The first kappa shape index (κ1) is 7.53. The van der Waals surface area contributed by atoms with E-state index in [0.717, 1.165) is 10.2 Å². The summed E-state index contributed by atoms with van der Waals surface area (Å²) in [5.74, 6) is -0.0862. The highest BCUT2D eigenvalue weighted by atomic mass is 79.9. The molecule has 2 aliphatic heterocycles. The molecule has 0 saturated carbocycles. The van der Waals surface area contributed by atoms with E-state index in [0.29, 0.717) is 5.70 Å². The number of amides is 1. The lowest BCUT2D eigenvalue weighted by Crippen LogP contribution is -2.31. The van der Waals surface area contributed by atoms with Gasteiger partial charge in [-0.1, -0.05) is 0 Å². The quantitative estimate of drug-likeness (QED) is 0.497. The third-order valence-electron chi connectivity index (χ3n) is 1.75. The van der Waals surface area contributed by atoms with E-state index in [2.05, 4.69) is 27.3 Å². The Labute approximate surface area is 78.6 Å². The molecule has 12 heavy (non-hydrogen) atoms. The van der Waals surface area contributed by atoms with E-state index in [9.17, 15) is 4.79 Å². The minimum atomic E-state index is -0.0862. The molecule has 1 N–H and O–H groups in total. The standard InChI is InChI=1S/C8H5BrN2O/c1-5-4-6(9)11-3-2-10-8(12)7(5)11/h2-3H,1H3/p+1. The molecular weight excluding hydrogens is 220 g/mol. The second kappa shape index (κ2) is 2.44. The smallest absolute Gasteiger partial charge is 0.308 e. The largest absolute Gasteiger partial charge is 0.357 e. The van der Waals surface area contributed by atoms with Gasteiger partial charge in [0.1, 0.15) is 6.08 Å². The van der Waals surface area contributed by atoms with Crippen LogP contribution in [0.15, 0.2) is 28.3 Å². The Morgan fingerprint density at radius 1 is 1.67 bits per heavy atom. The summed E-state index contributed by atoms with van der Waals surface area (Å²) in [4.78, 5) is 13.1. The molecular formula is C8H6BrN2O+. The average Bonchev–Trinajstić information content (AvgIpc) is 2.29. The van der Waals surface area contributed by atoms with Crippen LogP contribution in [-0.2, 0) is 4.79 Å². The minimum Gasteiger partial charge on any atom is -0.308 e. The number of allylic oxidation sites excluding steroid dienone is 2. The molecule has 2 aliphatic rings. The van der Waals surface area contributed by atoms with Crippen molar-refractivity contribution in [3.05, 3.63) is 34.4 Å². The van der Waals surface area contributed by atoms with Crippen molar-refractivity contribution in [1.82, 2.24) is 10.2 Å². The van der Waals surface area contributed by atoms with Crippen molar-refractivity contribution in [2.24, 2.45) is 0 Å².